The van der Waals surface area contributed by atoms with Gasteiger partial charge >= 0.3 is 12.2 Å². The van der Waals surface area contributed by atoms with Crippen LogP contribution < -0.4 is 5.32 Å². The molecule has 4 rings (SSSR count). The van der Waals surface area contributed by atoms with Crippen LogP contribution in [0.4, 0.5) is 22.4 Å². The quantitative estimate of drug-likeness (QED) is 0.290. The number of amides is 4. The summed E-state index contributed by atoms with van der Waals surface area (Å²) >= 11 is 0. The molecule has 1 unspecified atom stereocenters. The molecule has 35 heavy (non-hydrogen) atoms. The molecule has 1 spiro atoms. The maximum atomic E-state index is 13.5. The maximum absolute atomic E-state index is 13.5. The predicted molar refractivity (Wildman–Crippen MR) is 114 cm³/mol. The first-order chi connectivity index (χ1) is 16.5. The van der Waals surface area contributed by atoms with E-state index < -0.39 is 54.5 Å². The van der Waals surface area contributed by atoms with Crippen molar-refractivity contribution in [1.82, 2.24) is 15.1 Å². The van der Waals surface area contributed by atoms with Crippen LogP contribution in [0, 0.1) is 5.82 Å². The number of benzene rings is 2. The number of nitrogens with one attached hydrogen (secondary N) is 1. The third-order valence-corrected chi connectivity index (χ3v) is 6.25. The van der Waals surface area contributed by atoms with Gasteiger partial charge < -0.3 is 15.4 Å². The maximum Gasteiger partial charge on any atom is 0.408 e. The van der Waals surface area contributed by atoms with Crippen LogP contribution in [0.3, 0.4) is 0 Å². The van der Waals surface area contributed by atoms with Crippen molar-refractivity contribution in [2.45, 2.75) is 37.6 Å². The number of alkyl halides is 3. The Labute approximate surface area is 196 Å². The second-order valence-corrected chi connectivity index (χ2v) is 8.36. The van der Waals surface area contributed by atoms with Crippen LogP contribution in [-0.2, 0) is 21.7 Å². The molecule has 4 amide bonds. The van der Waals surface area contributed by atoms with Gasteiger partial charge in [-0.25, -0.2) is 9.18 Å². The minimum Gasteiger partial charge on any atom is -0.411 e. The number of halogens is 4. The third-order valence-electron chi connectivity index (χ3n) is 6.25. The second kappa shape index (κ2) is 8.67. The number of hydrogen-bond donors (Lipinski definition) is 2. The summed E-state index contributed by atoms with van der Waals surface area (Å²) in [6.45, 7) is -0.674. The van der Waals surface area contributed by atoms with Crippen LogP contribution in [0.1, 0.15) is 30.0 Å². The Hall–Kier alpha value is -3.96. The number of carbonyl (C=O) groups excluding carboxylic acids is 3. The standard InChI is InChI=1S/C23H20F4N4O4/c1-13(23(25,26)27)30(11-14-6-8-15(24)9-7-14)19(32)12-31-20(33)22(28-21(31)34)10-18(29-35)16-4-2-3-5-17(16)22/h2-9,13,35H,10-12H2,1H3,(H,28,34)/b29-18+/t13-,22?/m0/s1. The minimum absolute atomic E-state index is 0.144. The van der Waals surface area contributed by atoms with Crippen molar-refractivity contribution < 1.29 is 37.2 Å². The van der Waals surface area contributed by atoms with Crippen molar-refractivity contribution in [2.75, 3.05) is 6.54 Å². The van der Waals surface area contributed by atoms with Crippen LogP contribution in [0.2, 0.25) is 0 Å². The topological polar surface area (TPSA) is 102 Å². The lowest BCUT2D eigenvalue weighted by Crippen LogP contribution is -2.51. The van der Waals surface area contributed by atoms with Gasteiger partial charge in [0.25, 0.3) is 5.91 Å². The summed E-state index contributed by atoms with van der Waals surface area (Å²) in [7, 11) is 0. The molecule has 1 fully saturated rings. The Bertz CT molecular complexity index is 1210. The number of urea groups is 1. The number of fused-ring (bicyclic) bond motifs is 2. The molecule has 2 aromatic carbocycles. The van der Waals surface area contributed by atoms with E-state index in [1.807, 2.05) is 0 Å². The largest absolute Gasteiger partial charge is 0.411 e. The Morgan fingerprint density at radius 2 is 1.86 bits per heavy atom. The van der Waals surface area contributed by atoms with Gasteiger partial charge in [-0.1, -0.05) is 41.6 Å². The molecule has 184 valence electrons. The van der Waals surface area contributed by atoms with E-state index in [2.05, 4.69) is 10.5 Å². The van der Waals surface area contributed by atoms with Crippen LogP contribution in [-0.4, -0.2) is 57.3 Å². The molecule has 2 aliphatic rings. The zero-order valence-corrected chi connectivity index (χ0v) is 18.3. The van der Waals surface area contributed by atoms with Crippen LogP contribution in [0.25, 0.3) is 0 Å². The Kier molecular flexibility index (Phi) is 5.99. The molecule has 1 aliphatic heterocycles. The highest BCUT2D eigenvalue weighted by molar-refractivity contribution is 6.17. The first kappa shape index (κ1) is 24.2. The fourth-order valence-corrected chi connectivity index (χ4v) is 4.34. The van der Waals surface area contributed by atoms with Crippen LogP contribution in [0.15, 0.2) is 53.7 Å². The van der Waals surface area contributed by atoms with Crippen molar-refractivity contribution in [3.8, 4) is 0 Å². The fraction of sp³-hybridized carbons (Fsp3) is 0.304. The van der Waals surface area contributed by atoms with Crippen molar-refractivity contribution in [3.05, 3.63) is 71.0 Å². The molecular weight excluding hydrogens is 472 g/mol. The van der Waals surface area contributed by atoms with Gasteiger partial charge in [0.2, 0.25) is 5.91 Å². The molecule has 1 saturated heterocycles. The summed E-state index contributed by atoms with van der Waals surface area (Å²) < 4.78 is 53.8. The van der Waals surface area contributed by atoms with E-state index in [1.165, 1.54) is 12.1 Å². The van der Waals surface area contributed by atoms with Crippen LogP contribution in [0.5, 0.6) is 0 Å². The average Bonchev–Trinajstić information content (AvgIpc) is 3.26. The lowest BCUT2D eigenvalue weighted by molar-refractivity contribution is -0.187. The first-order valence-corrected chi connectivity index (χ1v) is 10.5. The van der Waals surface area contributed by atoms with Gasteiger partial charge in [0.15, 0.2) is 5.54 Å². The second-order valence-electron chi connectivity index (χ2n) is 8.36. The summed E-state index contributed by atoms with van der Waals surface area (Å²) in [4.78, 5) is 40.2. The smallest absolute Gasteiger partial charge is 0.408 e. The Balaban J connectivity index is 1.61. The van der Waals surface area contributed by atoms with Crippen molar-refractivity contribution in [1.29, 1.82) is 0 Å². The Morgan fingerprint density at radius 1 is 1.20 bits per heavy atom. The fourth-order valence-electron chi connectivity index (χ4n) is 4.34. The number of nitrogens with zero attached hydrogens (tertiary/aromatic N) is 3. The van der Waals surface area contributed by atoms with E-state index in [0.717, 1.165) is 19.1 Å². The highest BCUT2D eigenvalue weighted by atomic mass is 19.4. The van der Waals surface area contributed by atoms with Crippen molar-refractivity contribution in [3.63, 3.8) is 0 Å². The molecule has 2 aromatic rings. The number of oxime groups is 1. The molecule has 0 radical (unpaired) electrons. The molecular formula is C23H20F4N4O4. The van der Waals surface area contributed by atoms with E-state index in [1.54, 1.807) is 24.3 Å². The van der Waals surface area contributed by atoms with Gasteiger partial charge in [-0.2, -0.15) is 13.2 Å². The van der Waals surface area contributed by atoms with E-state index in [4.69, 9.17) is 0 Å². The predicted octanol–water partition coefficient (Wildman–Crippen LogP) is 3.13. The van der Waals surface area contributed by atoms with Crippen LogP contribution >= 0.6 is 0 Å². The Morgan fingerprint density at radius 3 is 2.49 bits per heavy atom. The molecule has 12 heteroatoms. The summed E-state index contributed by atoms with van der Waals surface area (Å²) in [6.07, 6.45) is -4.97. The summed E-state index contributed by atoms with van der Waals surface area (Å²) in [5.41, 5.74) is -0.468. The normalized spacial score (nSPS) is 21.4. The van der Waals surface area contributed by atoms with Gasteiger partial charge in [0.1, 0.15) is 18.4 Å². The molecule has 0 saturated carbocycles. The average molecular weight is 492 g/mol. The summed E-state index contributed by atoms with van der Waals surface area (Å²) in [6, 6.07) is 7.81. The molecule has 2 N–H and O–H groups in total. The molecule has 8 nitrogen and oxygen atoms in total. The van der Waals surface area contributed by atoms with Crippen molar-refractivity contribution in [2.24, 2.45) is 5.16 Å². The SMILES string of the molecule is C[C@H](N(Cc1ccc(F)cc1)C(=O)CN1C(=O)NC2(C/C(=N\O)c3ccccc32)C1=O)C(F)(F)F. The van der Waals surface area contributed by atoms with Crippen molar-refractivity contribution >= 4 is 23.6 Å². The molecule has 1 aliphatic carbocycles. The highest BCUT2D eigenvalue weighted by Crippen LogP contribution is 2.41. The van der Waals surface area contributed by atoms with E-state index in [-0.39, 0.29) is 17.7 Å². The minimum atomic E-state index is -4.79. The molecule has 0 bridgehead atoms. The zero-order chi connectivity index (χ0) is 25.5. The molecule has 1 heterocycles. The number of rotatable bonds is 5. The van der Waals surface area contributed by atoms with Gasteiger partial charge in [0, 0.05) is 18.5 Å². The summed E-state index contributed by atoms with van der Waals surface area (Å²) in [5.74, 6) is -2.56. The lowest BCUT2D eigenvalue weighted by Gasteiger charge is -2.32. The lowest BCUT2D eigenvalue weighted by atomic mass is 9.92. The van der Waals surface area contributed by atoms with E-state index in [9.17, 15) is 37.2 Å². The molecule has 2 atom stereocenters. The number of hydrogen-bond acceptors (Lipinski definition) is 5. The van der Waals surface area contributed by atoms with Gasteiger partial charge in [-0.05, 0) is 30.2 Å². The van der Waals surface area contributed by atoms with Gasteiger partial charge in [-0.3, -0.25) is 14.5 Å². The monoisotopic (exact) mass is 492 g/mol. The van der Waals surface area contributed by atoms with E-state index >= 15 is 0 Å². The summed E-state index contributed by atoms with van der Waals surface area (Å²) in [5, 5.41) is 15.1. The first-order valence-electron chi connectivity index (χ1n) is 10.5. The highest BCUT2D eigenvalue weighted by Gasteiger charge is 2.58. The zero-order valence-electron chi connectivity index (χ0n) is 18.3. The third kappa shape index (κ3) is 4.19. The van der Waals surface area contributed by atoms with E-state index in [0.29, 0.717) is 20.9 Å². The number of carbonyl (C=O) groups is 3. The van der Waals surface area contributed by atoms with Gasteiger partial charge in [-0.15, -0.1) is 0 Å². The number of imide groups is 1. The van der Waals surface area contributed by atoms with Gasteiger partial charge in [0.05, 0.1) is 5.71 Å². The molecule has 0 aromatic heterocycles.